The van der Waals surface area contributed by atoms with Crippen LogP contribution in [0.5, 0.6) is 0 Å². The lowest BCUT2D eigenvalue weighted by Crippen LogP contribution is -2.51. The normalized spacial score (nSPS) is 17.1. The van der Waals surface area contributed by atoms with Crippen LogP contribution in [-0.2, 0) is 11.3 Å². The van der Waals surface area contributed by atoms with Gasteiger partial charge in [-0.3, -0.25) is 9.69 Å². The summed E-state index contributed by atoms with van der Waals surface area (Å²) in [7, 11) is 0. The van der Waals surface area contributed by atoms with Crippen molar-refractivity contribution in [3.63, 3.8) is 0 Å². The van der Waals surface area contributed by atoms with E-state index in [9.17, 15) is 9.18 Å². The maximum absolute atomic E-state index is 13.8. The minimum atomic E-state index is -0.350. The summed E-state index contributed by atoms with van der Waals surface area (Å²) < 4.78 is 13.8. The number of rotatable bonds is 2. The number of benzene rings is 1. The van der Waals surface area contributed by atoms with Crippen LogP contribution in [-0.4, -0.2) is 41.9 Å². The summed E-state index contributed by atoms with van der Waals surface area (Å²) in [6, 6.07) is 4.75. The van der Waals surface area contributed by atoms with E-state index in [0.717, 1.165) is 13.1 Å². The zero-order chi connectivity index (χ0) is 15.6. The van der Waals surface area contributed by atoms with Crippen LogP contribution in [0.25, 0.3) is 0 Å². The second kappa shape index (κ2) is 6.32. The maximum Gasteiger partial charge on any atom is 0.228 e. The standard InChI is InChI=1S/C16H22ClFN2O/c1-16(2,3)15(21)20-9-7-19(8-10-20)11-12-13(17)5-4-6-14(12)18/h4-6H,7-11H2,1-3H3. The number of amides is 1. The highest BCUT2D eigenvalue weighted by atomic mass is 35.5. The number of hydrogen-bond acceptors (Lipinski definition) is 2. The van der Waals surface area contributed by atoms with Crippen LogP contribution in [0.1, 0.15) is 26.3 Å². The third-order valence-corrected chi connectivity index (χ3v) is 4.10. The Kier molecular flexibility index (Phi) is 4.89. The molecular formula is C16H22ClFN2O. The first-order valence-corrected chi connectivity index (χ1v) is 7.61. The molecule has 1 amide bonds. The quantitative estimate of drug-likeness (QED) is 0.837. The fraction of sp³-hybridized carbons (Fsp3) is 0.562. The van der Waals surface area contributed by atoms with Crippen molar-refractivity contribution in [1.29, 1.82) is 0 Å². The van der Waals surface area contributed by atoms with Gasteiger partial charge < -0.3 is 4.90 Å². The van der Waals surface area contributed by atoms with Crippen LogP contribution in [0.15, 0.2) is 18.2 Å². The van der Waals surface area contributed by atoms with E-state index in [-0.39, 0.29) is 17.1 Å². The molecule has 0 saturated carbocycles. The molecule has 0 aromatic heterocycles. The van der Waals surface area contributed by atoms with E-state index in [1.54, 1.807) is 12.1 Å². The minimum absolute atomic E-state index is 0.172. The van der Waals surface area contributed by atoms with Crippen molar-refractivity contribution < 1.29 is 9.18 Å². The van der Waals surface area contributed by atoms with Crippen LogP contribution in [0, 0.1) is 11.2 Å². The van der Waals surface area contributed by atoms with Crippen molar-refractivity contribution in [2.75, 3.05) is 26.2 Å². The molecule has 1 saturated heterocycles. The summed E-state index contributed by atoms with van der Waals surface area (Å²) >= 11 is 6.06. The Morgan fingerprint density at radius 1 is 1.24 bits per heavy atom. The lowest BCUT2D eigenvalue weighted by molar-refractivity contribution is -0.141. The predicted octanol–water partition coefficient (Wildman–Crippen LogP) is 3.17. The average molecular weight is 313 g/mol. The maximum atomic E-state index is 13.8. The fourth-order valence-electron chi connectivity index (χ4n) is 2.49. The van der Waals surface area contributed by atoms with Crippen molar-refractivity contribution in [3.8, 4) is 0 Å². The fourth-order valence-corrected chi connectivity index (χ4v) is 2.71. The lowest BCUT2D eigenvalue weighted by Gasteiger charge is -2.37. The number of carbonyl (C=O) groups excluding carboxylic acids is 1. The molecule has 1 aliphatic heterocycles. The molecule has 0 unspecified atom stereocenters. The molecular weight excluding hydrogens is 291 g/mol. The summed E-state index contributed by atoms with van der Waals surface area (Å²) in [5.41, 5.74) is 0.187. The molecule has 0 aliphatic carbocycles. The number of halogens is 2. The molecule has 0 atom stereocenters. The SMILES string of the molecule is CC(C)(C)C(=O)N1CCN(Cc2c(F)cccc2Cl)CC1. The Bertz CT molecular complexity index is 499. The van der Waals surface area contributed by atoms with Gasteiger partial charge >= 0.3 is 0 Å². The van der Waals surface area contributed by atoms with E-state index in [4.69, 9.17) is 11.6 Å². The first-order valence-electron chi connectivity index (χ1n) is 7.23. The van der Waals surface area contributed by atoms with Gasteiger partial charge in [0.25, 0.3) is 0 Å². The van der Waals surface area contributed by atoms with E-state index in [1.807, 2.05) is 25.7 Å². The highest BCUT2D eigenvalue weighted by Gasteiger charge is 2.29. The molecule has 0 radical (unpaired) electrons. The van der Waals surface area contributed by atoms with Crippen molar-refractivity contribution in [1.82, 2.24) is 9.80 Å². The van der Waals surface area contributed by atoms with Crippen LogP contribution < -0.4 is 0 Å². The molecule has 2 rings (SSSR count). The molecule has 1 heterocycles. The van der Waals surface area contributed by atoms with Gasteiger partial charge in [0.05, 0.1) is 0 Å². The Labute approximate surface area is 130 Å². The summed E-state index contributed by atoms with van der Waals surface area (Å²) in [6.45, 7) is 9.13. The first-order chi connectivity index (χ1) is 9.79. The third-order valence-electron chi connectivity index (χ3n) is 3.74. The molecule has 1 fully saturated rings. The molecule has 0 N–H and O–H groups in total. The molecule has 0 spiro atoms. The number of carbonyl (C=O) groups is 1. The molecule has 1 aromatic carbocycles. The number of hydrogen-bond donors (Lipinski definition) is 0. The van der Waals surface area contributed by atoms with Crippen LogP contribution in [0.3, 0.4) is 0 Å². The zero-order valence-electron chi connectivity index (χ0n) is 12.8. The van der Waals surface area contributed by atoms with Gasteiger partial charge in [-0.15, -0.1) is 0 Å². The van der Waals surface area contributed by atoms with Crippen molar-refractivity contribution >= 4 is 17.5 Å². The highest BCUT2D eigenvalue weighted by molar-refractivity contribution is 6.31. The van der Waals surface area contributed by atoms with Gasteiger partial charge in [-0.05, 0) is 12.1 Å². The van der Waals surface area contributed by atoms with Gasteiger partial charge in [0.15, 0.2) is 0 Å². The van der Waals surface area contributed by atoms with E-state index in [0.29, 0.717) is 30.2 Å². The Balaban J connectivity index is 1.95. The molecule has 3 nitrogen and oxygen atoms in total. The number of piperazine rings is 1. The molecule has 21 heavy (non-hydrogen) atoms. The summed E-state index contributed by atoms with van der Waals surface area (Å²) in [5.74, 6) is -0.0956. The Hall–Kier alpha value is -1.13. The Morgan fingerprint density at radius 3 is 2.38 bits per heavy atom. The number of nitrogens with zero attached hydrogens (tertiary/aromatic N) is 2. The largest absolute Gasteiger partial charge is 0.340 e. The smallest absolute Gasteiger partial charge is 0.228 e. The van der Waals surface area contributed by atoms with Gasteiger partial charge in [-0.2, -0.15) is 0 Å². The van der Waals surface area contributed by atoms with Crippen molar-refractivity contribution in [3.05, 3.63) is 34.6 Å². The summed E-state index contributed by atoms with van der Waals surface area (Å²) in [6.07, 6.45) is 0. The van der Waals surface area contributed by atoms with Crippen molar-refractivity contribution in [2.45, 2.75) is 27.3 Å². The monoisotopic (exact) mass is 312 g/mol. The highest BCUT2D eigenvalue weighted by Crippen LogP contribution is 2.22. The van der Waals surface area contributed by atoms with Gasteiger partial charge in [0.1, 0.15) is 5.82 Å². The van der Waals surface area contributed by atoms with E-state index in [2.05, 4.69) is 4.90 Å². The first kappa shape index (κ1) is 16.2. The van der Waals surface area contributed by atoms with Crippen molar-refractivity contribution in [2.24, 2.45) is 5.41 Å². The van der Waals surface area contributed by atoms with Gasteiger partial charge in [0, 0.05) is 48.7 Å². The third kappa shape index (κ3) is 3.95. The van der Waals surface area contributed by atoms with Gasteiger partial charge in [-0.25, -0.2) is 4.39 Å². The Morgan fingerprint density at radius 2 is 1.86 bits per heavy atom. The predicted molar refractivity (Wildman–Crippen MR) is 82.7 cm³/mol. The second-order valence-corrected chi connectivity index (χ2v) is 6.93. The molecule has 5 heteroatoms. The summed E-state index contributed by atoms with van der Waals surface area (Å²) in [5, 5.41) is 0.461. The van der Waals surface area contributed by atoms with Crippen LogP contribution >= 0.6 is 11.6 Å². The molecule has 0 bridgehead atoms. The van der Waals surface area contributed by atoms with Gasteiger partial charge in [-0.1, -0.05) is 38.4 Å². The van der Waals surface area contributed by atoms with E-state index < -0.39 is 0 Å². The topological polar surface area (TPSA) is 23.6 Å². The van der Waals surface area contributed by atoms with E-state index >= 15 is 0 Å². The van der Waals surface area contributed by atoms with Gasteiger partial charge in [0.2, 0.25) is 5.91 Å². The second-order valence-electron chi connectivity index (χ2n) is 6.52. The van der Waals surface area contributed by atoms with E-state index in [1.165, 1.54) is 6.07 Å². The lowest BCUT2D eigenvalue weighted by atomic mass is 9.94. The molecule has 1 aliphatic rings. The zero-order valence-corrected chi connectivity index (χ0v) is 13.6. The van der Waals surface area contributed by atoms with Crippen LogP contribution in [0.4, 0.5) is 4.39 Å². The molecule has 1 aromatic rings. The summed E-state index contributed by atoms with van der Waals surface area (Å²) in [4.78, 5) is 16.2. The van der Waals surface area contributed by atoms with Crippen LogP contribution in [0.2, 0.25) is 5.02 Å². The minimum Gasteiger partial charge on any atom is -0.340 e. The molecule has 116 valence electrons. The average Bonchev–Trinajstić information content (AvgIpc) is 2.42.